The van der Waals surface area contributed by atoms with Crippen LogP contribution in [0.1, 0.15) is 0 Å². The summed E-state index contributed by atoms with van der Waals surface area (Å²) in [6, 6.07) is 28.6. The second kappa shape index (κ2) is 8.68. The molecule has 13 aromatic rings. The van der Waals surface area contributed by atoms with Crippen molar-refractivity contribution in [2.24, 2.45) is 0 Å². The Morgan fingerprint density at radius 1 is 0.229 bits per heavy atom. The minimum absolute atomic E-state index is 1.11. The zero-order valence-corrected chi connectivity index (χ0v) is 34.9. The fraction of sp³-hybridized carbons (Fsp3) is 0. The molecule has 13 aromatic carbocycles. The first kappa shape index (κ1) is 27.6. The molecule has 48 heavy (non-hydrogen) atoms. The number of halogens is 6. The van der Waals surface area contributed by atoms with Gasteiger partial charge in [0.25, 0.3) is 0 Å². The molecule has 0 radical (unpaired) electrons. The average molecular weight is 1090 g/mol. The van der Waals surface area contributed by atoms with Crippen LogP contribution in [-0.2, 0) is 0 Å². The maximum absolute atomic E-state index is 3.98. The van der Waals surface area contributed by atoms with Gasteiger partial charge in [-0.05, 0) is 247 Å². The molecule has 0 atom stereocenters. The van der Waals surface area contributed by atoms with E-state index in [4.69, 9.17) is 0 Å². The summed E-state index contributed by atoms with van der Waals surface area (Å²) in [7, 11) is 0. The van der Waals surface area contributed by atoms with Crippen molar-refractivity contribution in [2.75, 3.05) is 0 Å². The lowest BCUT2D eigenvalue weighted by Gasteiger charge is -2.29. The smallest absolute Gasteiger partial charge is 0.0188 e. The number of benzene rings is 13. The summed E-state index contributed by atoms with van der Waals surface area (Å²) in [5.41, 5.74) is 0. The third-order valence-electron chi connectivity index (χ3n) is 11.4. The van der Waals surface area contributed by atoms with Gasteiger partial charge in [0.2, 0.25) is 0 Å². The fourth-order valence-corrected chi connectivity index (χ4v) is 13.1. The molecule has 6 heteroatoms. The molecule has 0 aliphatic rings. The molecule has 0 fully saturated rings. The molecule has 0 saturated carbocycles. The Morgan fingerprint density at radius 2 is 0.375 bits per heavy atom. The first-order valence-corrected chi connectivity index (χ1v) is 20.9. The molecule has 0 spiro atoms. The molecule has 0 aromatic heterocycles. The number of hydrogen-bond donors (Lipinski definition) is 0. The maximum atomic E-state index is 3.98. The summed E-state index contributed by atoms with van der Waals surface area (Å²) in [4.78, 5) is 0. The molecule has 222 valence electrons. The third-order valence-corrected chi connectivity index (χ3v) is 14.4. The van der Waals surface area contributed by atoms with E-state index in [0.717, 1.165) is 17.9 Å². The Kier molecular flexibility index (Phi) is 4.99. The highest BCUT2D eigenvalue weighted by Crippen LogP contribution is 2.61. The molecule has 0 bridgehead atoms. The van der Waals surface area contributed by atoms with Crippen LogP contribution in [-0.4, -0.2) is 0 Å². The average Bonchev–Trinajstić information content (AvgIpc) is 3.05. The van der Waals surface area contributed by atoms with Crippen LogP contribution < -0.4 is 0 Å². The lowest BCUT2D eigenvalue weighted by Crippen LogP contribution is -2.01. The second-order valence-corrected chi connectivity index (χ2v) is 19.7. The molecule has 0 unspecified atom stereocenters. The summed E-state index contributed by atoms with van der Waals surface area (Å²) in [5.74, 6) is 0. The van der Waals surface area contributed by atoms with Gasteiger partial charge >= 0.3 is 0 Å². The maximum Gasteiger partial charge on any atom is 0.0188 e. The largest absolute Gasteiger partial charge is 0.0508 e. The molecule has 0 aliphatic heterocycles. The Hall–Kier alpha value is -2.08. The third kappa shape index (κ3) is 2.94. The van der Waals surface area contributed by atoms with Crippen molar-refractivity contribution in [3.63, 3.8) is 0 Å². The Morgan fingerprint density at radius 3 is 0.542 bits per heavy atom. The van der Waals surface area contributed by atoms with E-state index >= 15 is 0 Å². The van der Waals surface area contributed by atoms with Gasteiger partial charge in [-0.2, -0.15) is 0 Å². The van der Waals surface area contributed by atoms with Crippen molar-refractivity contribution in [3.05, 3.63) is 97.8 Å². The van der Waals surface area contributed by atoms with E-state index in [1.165, 1.54) is 136 Å². The molecule has 0 saturated heterocycles. The van der Waals surface area contributed by atoms with Crippen LogP contribution in [0.25, 0.3) is 129 Å². The van der Waals surface area contributed by atoms with Crippen LogP contribution in [0, 0.1) is 7.14 Å². The van der Waals surface area contributed by atoms with Crippen LogP contribution in [0.2, 0.25) is 0 Å². The van der Waals surface area contributed by atoms with Crippen LogP contribution in [0.4, 0.5) is 0 Å². The van der Waals surface area contributed by atoms with Gasteiger partial charge in [-0.1, -0.05) is 63.7 Å². The summed E-state index contributed by atoms with van der Waals surface area (Å²) in [5, 5.41) is 32.7. The molecule has 0 heterocycles. The number of rotatable bonds is 0. The first-order chi connectivity index (χ1) is 23.3. The molecular formula is C42H12Br4I2. The summed E-state index contributed by atoms with van der Waals surface area (Å²) in [6.07, 6.45) is 0. The van der Waals surface area contributed by atoms with Gasteiger partial charge in [0.05, 0.1) is 0 Å². The van der Waals surface area contributed by atoms with Crippen LogP contribution in [0.3, 0.4) is 0 Å². The SMILES string of the molecule is Brc1cc2c3cc(Br)cc4c5cc(I)cc6c7cc(Br)cc8c9cc(Br)cc%10c%11cc(I)cc%12c(c1)c2c1c(c34)c(c56)c(c87)c(c9%10)c1c%12%11. The highest BCUT2D eigenvalue weighted by atomic mass is 127. The molecule has 0 nitrogen and oxygen atoms in total. The van der Waals surface area contributed by atoms with Crippen LogP contribution in [0.5, 0.6) is 0 Å². The van der Waals surface area contributed by atoms with Crippen molar-refractivity contribution in [3.8, 4) is 0 Å². The van der Waals surface area contributed by atoms with Gasteiger partial charge < -0.3 is 0 Å². The van der Waals surface area contributed by atoms with E-state index in [2.05, 4.69) is 182 Å². The Bertz CT molecular complexity index is 2810. The van der Waals surface area contributed by atoms with E-state index < -0.39 is 0 Å². The molecular weight excluding hydrogens is 1080 g/mol. The monoisotopic (exact) mass is 1090 g/mol. The molecule has 0 N–H and O–H groups in total. The molecule has 13 rings (SSSR count). The summed E-state index contributed by atoms with van der Waals surface area (Å²) >= 11 is 21.0. The normalized spacial score (nSPS) is 13.6. The van der Waals surface area contributed by atoms with E-state index in [1.54, 1.807) is 0 Å². The van der Waals surface area contributed by atoms with Crippen molar-refractivity contribution >= 4 is 238 Å². The first-order valence-electron chi connectivity index (χ1n) is 15.6. The zero-order chi connectivity index (χ0) is 31.8. The lowest BCUT2D eigenvalue weighted by molar-refractivity contribution is 1.73. The van der Waals surface area contributed by atoms with Gasteiger partial charge in [-0.15, -0.1) is 0 Å². The quantitative estimate of drug-likeness (QED) is 0.0807. The predicted molar refractivity (Wildman–Crippen MR) is 240 cm³/mol. The Labute approximate surface area is 331 Å². The highest BCUT2D eigenvalue weighted by Gasteiger charge is 2.32. The number of hydrogen-bond acceptors (Lipinski definition) is 0. The van der Waals surface area contributed by atoms with E-state index in [1.807, 2.05) is 0 Å². The van der Waals surface area contributed by atoms with Crippen molar-refractivity contribution in [2.45, 2.75) is 0 Å². The van der Waals surface area contributed by atoms with Crippen LogP contribution in [0.15, 0.2) is 90.7 Å². The predicted octanol–water partition coefficient (Wildman–Crippen LogP) is 16.4. The number of fused-ring (bicyclic) bond motifs is 6. The Balaban J connectivity index is 1.61. The van der Waals surface area contributed by atoms with Gasteiger partial charge in [-0.3, -0.25) is 0 Å². The van der Waals surface area contributed by atoms with Crippen molar-refractivity contribution < 1.29 is 0 Å². The zero-order valence-electron chi connectivity index (χ0n) is 24.2. The van der Waals surface area contributed by atoms with Gasteiger partial charge in [0.1, 0.15) is 0 Å². The summed E-state index contributed by atoms with van der Waals surface area (Å²) < 4.78 is 6.96. The topological polar surface area (TPSA) is 0 Å². The second-order valence-electron chi connectivity index (χ2n) is 13.5. The van der Waals surface area contributed by atoms with E-state index in [9.17, 15) is 0 Å². The minimum Gasteiger partial charge on any atom is -0.0508 e. The minimum atomic E-state index is 1.11. The highest BCUT2D eigenvalue weighted by molar-refractivity contribution is 14.1. The molecule has 0 amide bonds. The lowest BCUT2D eigenvalue weighted by atomic mass is 9.73. The van der Waals surface area contributed by atoms with Gasteiger partial charge in [-0.25, -0.2) is 0 Å². The molecule has 0 aliphatic carbocycles. The van der Waals surface area contributed by atoms with Crippen molar-refractivity contribution in [1.29, 1.82) is 0 Å². The van der Waals surface area contributed by atoms with Crippen molar-refractivity contribution in [1.82, 2.24) is 0 Å². The standard InChI is InChI=1S/C42H12Br4I2/c43-13-1-19-20-2-14(44)6-24-28-10-18(48)12-30-26-8-16(46)4-22-21-3-15(45)7-25-29-11-17(47)9-27-23(5-13)31(19)37-38(32(20)24)42(36(28)30)40(34(22)26)39(33(21)25)41(37)35(27)29/h1-12H. The summed E-state index contributed by atoms with van der Waals surface area (Å²) in [6.45, 7) is 0. The van der Waals surface area contributed by atoms with E-state index in [0.29, 0.717) is 0 Å². The van der Waals surface area contributed by atoms with Gasteiger partial charge in [0.15, 0.2) is 0 Å². The fourth-order valence-electron chi connectivity index (χ4n) is 10.1. The van der Waals surface area contributed by atoms with E-state index in [-0.39, 0.29) is 0 Å². The van der Waals surface area contributed by atoms with Gasteiger partial charge in [0, 0.05) is 25.0 Å². The van der Waals surface area contributed by atoms with Crippen LogP contribution >= 0.6 is 109 Å².